The first-order valence-electron chi connectivity index (χ1n) is 13.0. The molecular formula is C30H25FN6O4S. The van der Waals surface area contributed by atoms with Crippen LogP contribution in [-0.4, -0.2) is 56.3 Å². The van der Waals surface area contributed by atoms with E-state index in [1.165, 1.54) is 28.0 Å². The molecule has 10 nitrogen and oxygen atoms in total. The van der Waals surface area contributed by atoms with Gasteiger partial charge in [0.15, 0.2) is 10.8 Å². The molecule has 0 saturated carbocycles. The number of hydrogen-bond acceptors (Lipinski definition) is 8. The second-order valence-electron chi connectivity index (χ2n) is 9.44. The third kappa shape index (κ3) is 5.36. The summed E-state index contributed by atoms with van der Waals surface area (Å²) >= 11 is 1.09. The number of nitrogens with one attached hydrogen (secondary N) is 1. The highest BCUT2D eigenvalue weighted by Gasteiger charge is 2.33. The molecule has 1 aliphatic rings. The van der Waals surface area contributed by atoms with E-state index in [4.69, 9.17) is 14.6 Å². The molecular weight excluding hydrogens is 559 g/mol. The number of carbonyl (C=O) groups excluding carboxylic acids is 1. The Labute approximate surface area is 243 Å². The lowest BCUT2D eigenvalue weighted by Gasteiger charge is -2.22. The van der Waals surface area contributed by atoms with Crippen LogP contribution in [0, 0.1) is 5.82 Å². The smallest absolute Gasteiger partial charge is 0.262 e. The molecule has 0 saturated heterocycles. The van der Waals surface area contributed by atoms with Crippen LogP contribution in [0.25, 0.3) is 16.7 Å². The van der Waals surface area contributed by atoms with Gasteiger partial charge in [-0.15, -0.1) is 0 Å². The average molecular weight is 585 g/mol. The highest BCUT2D eigenvalue weighted by molar-refractivity contribution is 7.99. The SMILES string of the molecule is COc1ccc(C2=NN(C(=O)CSc3nc4c(cnn4-c4ccc(F)cc4)c(=O)[nH]3)[C@@H](c3ccc(OC)cc3)C2)cc1. The fraction of sp³-hybridized carbons (Fsp3) is 0.167. The van der Waals surface area contributed by atoms with Crippen LogP contribution >= 0.6 is 11.8 Å². The molecule has 1 aliphatic heterocycles. The predicted molar refractivity (Wildman–Crippen MR) is 157 cm³/mol. The summed E-state index contributed by atoms with van der Waals surface area (Å²) in [7, 11) is 3.21. The molecule has 2 aromatic heterocycles. The summed E-state index contributed by atoms with van der Waals surface area (Å²) in [4.78, 5) is 33.6. The summed E-state index contributed by atoms with van der Waals surface area (Å²) in [6.45, 7) is 0. The maximum Gasteiger partial charge on any atom is 0.262 e. The molecule has 1 N–H and O–H groups in total. The molecule has 0 spiro atoms. The summed E-state index contributed by atoms with van der Waals surface area (Å²) in [5, 5.41) is 11.0. The van der Waals surface area contributed by atoms with Crippen molar-refractivity contribution in [3.63, 3.8) is 0 Å². The quantitative estimate of drug-likeness (QED) is 0.207. The number of carbonyl (C=O) groups is 1. The number of halogens is 1. The summed E-state index contributed by atoms with van der Waals surface area (Å²) in [5.41, 5.74) is 3.04. The monoisotopic (exact) mass is 584 g/mol. The Balaban J connectivity index is 1.27. The van der Waals surface area contributed by atoms with E-state index in [1.807, 2.05) is 48.5 Å². The number of ether oxygens (including phenoxy) is 2. The van der Waals surface area contributed by atoms with Crippen LogP contribution in [-0.2, 0) is 4.79 Å². The minimum absolute atomic E-state index is 0.0226. The molecule has 6 rings (SSSR count). The summed E-state index contributed by atoms with van der Waals surface area (Å²) < 4.78 is 25.5. The second-order valence-corrected chi connectivity index (χ2v) is 10.4. The third-order valence-electron chi connectivity index (χ3n) is 6.91. The lowest BCUT2D eigenvalue weighted by molar-refractivity contribution is -0.130. The second kappa shape index (κ2) is 11.5. The van der Waals surface area contributed by atoms with Gasteiger partial charge in [0.25, 0.3) is 11.5 Å². The van der Waals surface area contributed by atoms with Gasteiger partial charge in [-0.2, -0.15) is 10.2 Å². The van der Waals surface area contributed by atoms with Crippen molar-refractivity contribution in [1.82, 2.24) is 24.8 Å². The van der Waals surface area contributed by atoms with Crippen LogP contribution < -0.4 is 15.0 Å². The molecule has 3 aromatic carbocycles. The fourth-order valence-corrected chi connectivity index (χ4v) is 5.43. The first kappa shape index (κ1) is 27.2. The number of thioether (sulfide) groups is 1. The lowest BCUT2D eigenvalue weighted by Crippen LogP contribution is -2.28. The Morgan fingerprint density at radius 1 is 1.00 bits per heavy atom. The Morgan fingerprint density at radius 2 is 1.67 bits per heavy atom. The number of aromatic nitrogens is 4. The molecule has 0 bridgehead atoms. The number of nitrogens with zero attached hydrogens (tertiary/aromatic N) is 5. The van der Waals surface area contributed by atoms with Gasteiger partial charge in [-0.3, -0.25) is 9.59 Å². The molecule has 5 aromatic rings. The van der Waals surface area contributed by atoms with Crippen LogP contribution in [0.4, 0.5) is 4.39 Å². The standard InChI is InChI=1S/C30H25FN6O4S/c1-40-22-11-3-18(4-12-22)25-15-26(19-5-13-23(41-2)14-6-19)37(35-25)27(38)17-42-30-33-28-24(29(39)34-30)16-32-36(28)21-9-7-20(31)8-10-21/h3-14,16,26H,15,17H2,1-2H3,(H,33,34,39)/t26-/m1/s1. The van der Waals surface area contributed by atoms with Gasteiger partial charge in [-0.25, -0.2) is 19.1 Å². The largest absolute Gasteiger partial charge is 0.497 e. The van der Waals surface area contributed by atoms with E-state index < -0.39 is 0 Å². The van der Waals surface area contributed by atoms with Crippen LogP contribution in [0.3, 0.4) is 0 Å². The van der Waals surface area contributed by atoms with E-state index >= 15 is 0 Å². The van der Waals surface area contributed by atoms with Crippen molar-refractivity contribution in [3.05, 3.63) is 106 Å². The van der Waals surface area contributed by atoms with Crippen molar-refractivity contribution in [2.75, 3.05) is 20.0 Å². The zero-order chi connectivity index (χ0) is 29.2. The Kier molecular flexibility index (Phi) is 7.44. The summed E-state index contributed by atoms with van der Waals surface area (Å²) in [6, 6.07) is 20.5. The van der Waals surface area contributed by atoms with Crippen molar-refractivity contribution in [2.24, 2.45) is 5.10 Å². The van der Waals surface area contributed by atoms with Crippen molar-refractivity contribution in [1.29, 1.82) is 0 Å². The molecule has 212 valence electrons. The average Bonchev–Trinajstić information content (AvgIpc) is 3.66. The number of fused-ring (bicyclic) bond motifs is 1. The normalized spacial score (nSPS) is 14.7. The number of methoxy groups -OCH3 is 2. The van der Waals surface area contributed by atoms with Gasteiger partial charge in [-0.1, -0.05) is 23.9 Å². The van der Waals surface area contributed by atoms with E-state index in [1.54, 1.807) is 26.4 Å². The molecule has 0 fully saturated rings. The molecule has 0 aliphatic carbocycles. The Morgan fingerprint density at radius 3 is 2.33 bits per heavy atom. The highest BCUT2D eigenvalue weighted by Crippen LogP contribution is 2.34. The first-order chi connectivity index (χ1) is 20.4. The van der Waals surface area contributed by atoms with Gasteiger partial charge in [0, 0.05) is 6.42 Å². The van der Waals surface area contributed by atoms with E-state index in [2.05, 4.69) is 15.1 Å². The van der Waals surface area contributed by atoms with Crippen molar-refractivity contribution >= 4 is 34.4 Å². The zero-order valence-electron chi connectivity index (χ0n) is 22.7. The molecule has 0 radical (unpaired) electrons. The zero-order valence-corrected chi connectivity index (χ0v) is 23.5. The lowest BCUT2D eigenvalue weighted by atomic mass is 9.98. The van der Waals surface area contributed by atoms with Crippen LogP contribution in [0.5, 0.6) is 11.5 Å². The Bertz CT molecular complexity index is 1840. The van der Waals surface area contributed by atoms with Gasteiger partial charge in [-0.05, 0) is 71.8 Å². The van der Waals surface area contributed by atoms with Crippen molar-refractivity contribution < 1.29 is 18.7 Å². The fourth-order valence-electron chi connectivity index (χ4n) is 4.72. The van der Waals surface area contributed by atoms with Crippen LogP contribution in [0.15, 0.2) is 94.0 Å². The first-order valence-corrected chi connectivity index (χ1v) is 14.0. The maximum absolute atomic E-state index is 13.6. The van der Waals surface area contributed by atoms with Gasteiger partial charge in [0.05, 0.1) is 43.6 Å². The number of rotatable bonds is 8. The van der Waals surface area contributed by atoms with E-state index in [0.29, 0.717) is 23.5 Å². The number of hydrogen-bond donors (Lipinski definition) is 1. The number of aromatic amines is 1. The van der Waals surface area contributed by atoms with Gasteiger partial charge < -0.3 is 14.5 Å². The maximum atomic E-state index is 13.6. The molecule has 1 atom stereocenters. The van der Waals surface area contributed by atoms with E-state index in [0.717, 1.165) is 34.3 Å². The molecule has 12 heteroatoms. The third-order valence-corrected chi connectivity index (χ3v) is 7.77. The highest BCUT2D eigenvalue weighted by atomic mass is 32.2. The topological polar surface area (TPSA) is 115 Å². The Hall–Kier alpha value is -4.97. The van der Waals surface area contributed by atoms with E-state index in [-0.39, 0.29) is 39.6 Å². The molecule has 1 amide bonds. The van der Waals surface area contributed by atoms with Gasteiger partial charge in [0.1, 0.15) is 22.7 Å². The predicted octanol–water partition coefficient (Wildman–Crippen LogP) is 4.74. The van der Waals surface area contributed by atoms with Crippen LogP contribution in [0.2, 0.25) is 0 Å². The van der Waals surface area contributed by atoms with Crippen molar-refractivity contribution in [2.45, 2.75) is 17.6 Å². The van der Waals surface area contributed by atoms with Crippen molar-refractivity contribution in [3.8, 4) is 17.2 Å². The number of benzene rings is 3. The number of H-pyrrole nitrogens is 1. The van der Waals surface area contributed by atoms with Crippen LogP contribution in [0.1, 0.15) is 23.6 Å². The summed E-state index contributed by atoms with van der Waals surface area (Å²) in [6.07, 6.45) is 1.93. The summed E-state index contributed by atoms with van der Waals surface area (Å²) in [5.74, 6) is 0.785. The van der Waals surface area contributed by atoms with Gasteiger partial charge in [0.2, 0.25) is 0 Å². The van der Waals surface area contributed by atoms with Gasteiger partial charge >= 0.3 is 0 Å². The minimum Gasteiger partial charge on any atom is -0.497 e. The van der Waals surface area contributed by atoms with E-state index in [9.17, 15) is 14.0 Å². The molecule has 3 heterocycles. The molecule has 42 heavy (non-hydrogen) atoms. The number of hydrazone groups is 1. The number of amides is 1. The minimum atomic E-state index is -0.389. The molecule has 0 unspecified atom stereocenters.